The highest BCUT2D eigenvalue weighted by atomic mass is 19.1. The lowest BCUT2D eigenvalue weighted by atomic mass is 9.89. The average Bonchev–Trinajstić information content (AvgIpc) is 3.03. The van der Waals surface area contributed by atoms with Gasteiger partial charge >= 0.3 is 6.09 Å². The summed E-state index contributed by atoms with van der Waals surface area (Å²) in [6.45, 7) is 9.08. The van der Waals surface area contributed by atoms with Gasteiger partial charge in [-0.25, -0.2) is 9.18 Å². The van der Waals surface area contributed by atoms with Gasteiger partial charge in [-0.3, -0.25) is 4.99 Å². The summed E-state index contributed by atoms with van der Waals surface area (Å²) in [5.41, 5.74) is 5.52. The highest BCUT2D eigenvalue weighted by molar-refractivity contribution is 6.48. The van der Waals surface area contributed by atoms with Gasteiger partial charge in [-0.2, -0.15) is 5.10 Å². The van der Waals surface area contributed by atoms with E-state index in [0.717, 1.165) is 28.0 Å². The molecular formula is C28H34FN5O2. The molecule has 2 aliphatic rings. The van der Waals surface area contributed by atoms with Gasteiger partial charge in [-0.1, -0.05) is 30.3 Å². The fraction of sp³-hybridized carbons (Fsp3) is 0.393. The third-order valence-corrected chi connectivity index (χ3v) is 6.34. The first-order valence-electron chi connectivity index (χ1n) is 12.3. The molecule has 8 heteroatoms. The zero-order valence-electron chi connectivity index (χ0n) is 21.3. The fourth-order valence-electron chi connectivity index (χ4n) is 4.52. The number of carbonyl (C=O) groups excluding carboxylic acids is 1. The highest BCUT2D eigenvalue weighted by Gasteiger charge is 2.27. The molecule has 0 bridgehead atoms. The Morgan fingerprint density at radius 1 is 1.25 bits per heavy atom. The summed E-state index contributed by atoms with van der Waals surface area (Å²) in [4.78, 5) is 18.9. The molecule has 190 valence electrons. The maximum Gasteiger partial charge on any atom is 0.410 e. The van der Waals surface area contributed by atoms with Crippen LogP contribution in [0.2, 0.25) is 0 Å². The standard InChI is InChI=1S/C28H34FN5O2/c1-18(33-30)26-21-10-9-20(19-12-15-34(16-13-19)27(35)36-28(2,3)4)17-22(21)24(11-14-31-26)32-25-8-6-5-7-23(25)29/h5-10,12,17,24,32H,11,13-16,30H2,1-4H3. The lowest BCUT2D eigenvalue weighted by Gasteiger charge is -2.30. The van der Waals surface area contributed by atoms with Crippen molar-refractivity contribution in [3.05, 3.63) is 71.0 Å². The monoisotopic (exact) mass is 491 g/mol. The van der Waals surface area contributed by atoms with Crippen molar-refractivity contribution < 1.29 is 13.9 Å². The molecule has 0 aromatic heterocycles. The Morgan fingerprint density at radius 2 is 2.03 bits per heavy atom. The quantitative estimate of drug-likeness (QED) is 0.334. The molecule has 0 fully saturated rings. The summed E-state index contributed by atoms with van der Waals surface area (Å²) < 4.78 is 20.0. The van der Waals surface area contributed by atoms with Gasteiger partial charge < -0.3 is 20.8 Å². The van der Waals surface area contributed by atoms with E-state index in [4.69, 9.17) is 15.6 Å². The van der Waals surface area contributed by atoms with Crippen LogP contribution in [0.5, 0.6) is 0 Å². The molecule has 0 radical (unpaired) electrons. The van der Waals surface area contributed by atoms with Crippen LogP contribution in [0.4, 0.5) is 14.9 Å². The topological polar surface area (TPSA) is 92.3 Å². The second-order valence-corrected chi connectivity index (χ2v) is 10.1. The van der Waals surface area contributed by atoms with Crippen LogP contribution < -0.4 is 11.2 Å². The number of ether oxygens (including phenoxy) is 1. The van der Waals surface area contributed by atoms with Crippen molar-refractivity contribution in [1.29, 1.82) is 0 Å². The van der Waals surface area contributed by atoms with E-state index in [1.54, 1.807) is 17.0 Å². The Labute approximate surface area is 211 Å². The Kier molecular flexibility index (Phi) is 7.43. The third kappa shape index (κ3) is 5.75. The molecule has 3 N–H and O–H groups in total. The molecular weight excluding hydrogens is 457 g/mol. The van der Waals surface area contributed by atoms with Gasteiger partial charge in [0.15, 0.2) is 0 Å². The van der Waals surface area contributed by atoms with Crippen LogP contribution in [0.3, 0.4) is 0 Å². The van der Waals surface area contributed by atoms with E-state index in [1.807, 2.05) is 39.8 Å². The van der Waals surface area contributed by atoms with E-state index >= 15 is 0 Å². The van der Waals surface area contributed by atoms with Crippen molar-refractivity contribution in [2.45, 2.75) is 52.2 Å². The predicted molar refractivity (Wildman–Crippen MR) is 143 cm³/mol. The molecule has 2 aromatic rings. The number of anilines is 1. The number of hydrogen-bond donors (Lipinski definition) is 2. The normalized spacial score (nSPS) is 18.5. The molecule has 0 saturated carbocycles. The summed E-state index contributed by atoms with van der Waals surface area (Å²) in [6, 6.07) is 12.8. The van der Waals surface area contributed by atoms with E-state index in [9.17, 15) is 9.18 Å². The molecule has 1 atom stereocenters. The van der Waals surface area contributed by atoms with Crippen molar-refractivity contribution in [1.82, 2.24) is 4.90 Å². The van der Waals surface area contributed by atoms with Gasteiger partial charge in [-0.15, -0.1) is 0 Å². The van der Waals surface area contributed by atoms with E-state index in [2.05, 4.69) is 28.6 Å². The van der Waals surface area contributed by atoms with E-state index in [-0.39, 0.29) is 18.0 Å². The second-order valence-electron chi connectivity index (χ2n) is 10.1. The van der Waals surface area contributed by atoms with Crippen molar-refractivity contribution in [2.24, 2.45) is 15.9 Å². The molecule has 2 heterocycles. The van der Waals surface area contributed by atoms with Gasteiger partial charge in [-0.05, 0) is 75.4 Å². The van der Waals surface area contributed by atoms with Gasteiger partial charge in [0.05, 0.1) is 23.2 Å². The number of nitrogens with two attached hydrogens (primary N) is 1. The first-order chi connectivity index (χ1) is 17.2. The number of nitrogens with zero attached hydrogens (tertiary/aromatic N) is 3. The molecule has 4 rings (SSSR count). The Bertz CT molecular complexity index is 1230. The molecule has 1 amide bonds. The number of rotatable bonds is 4. The van der Waals surface area contributed by atoms with Crippen molar-refractivity contribution >= 4 is 28.8 Å². The van der Waals surface area contributed by atoms with Crippen LogP contribution in [0.15, 0.2) is 58.6 Å². The highest BCUT2D eigenvalue weighted by Crippen LogP contribution is 2.33. The molecule has 7 nitrogen and oxygen atoms in total. The van der Waals surface area contributed by atoms with Crippen molar-refractivity contribution in [3.63, 3.8) is 0 Å². The largest absolute Gasteiger partial charge is 0.444 e. The zero-order chi connectivity index (χ0) is 25.9. The van der Waals surface area contributed by atoms with Crippen molar-refractivity contribution in [3.8, 4) is 0 Å². The van der Waals surface area contributed by atoms with Gasteiger partial charge in [0.25, 0.3) is 0 Å². The number of para-hydroxylation sites is 1. The molecule has 2 aromatic carbocycles. The Balaban J connectivity index is 1.65. The number of aliphatic imine (C=N–C) groups is 1. The summed E-state index contributed by atoms with van der Waals surface area (Å²) in [5, 5.41) is 7.27. The van der Waals surface area contributed by atoms with Crippen LogP contribution in [0.1, 0.15) is 63.3 Å². The number of hydrazone groups is 1. The van der Waals surface area contributed by atoms with E-state index < -0.39 is 5.60 Å². The second kappa shape index (κ2) is 10.5. The molecule has 0 aliphatic carbocycles. The summed E-state index contributed by atoms with van der Waals surface area (Å²) >= 11 is 0. The van der Waals surface area contributed by atoms with Crippen LogP contribution in [0, 0.1) is 5.82 Å². The first-order valence-corrected chi connectivity index (χ1v) is 12.3. The molecule has 0 spiro atoms. The fourth-order valence-corrected chi connectivity index (χ4v) is 4.52. The summed E-state index contributed by atoms with van der Waals surface area (Å²) in [6.07, 6.45) is 3.18. The number of halogens is 1. The smallest absolute Gasteiger partial charge is 0.410 e. The zero-order valence-corrected chi connectivity index (χ0v) is 21.3. The lowest BCUT2D eigenvalue weighted by Crippen LogP contribution is -2.39. The lowest BCUT2D eigenvalue weighted by molar-refractivity contribution is 0.0270. The number of fused-ring (bicyclic) bond motifs is 1. The molecule has 0 saturated heterocycles. The van der Waals surface area contributed by atoms with Gasteiger partial charge in [0, 0.05) is 25.2 Å². The SMILES string of the molecule is CC(=NN)C1=NCCC(Nc2ccccc2F)c2cc(C3=CCN(C(=O)OC(C)(C)C)CC3)ccc21. The number of amides is 1. The Hall–Kier alpha value is -3.68. The van der Waals surface area contributed by atoms with E-state index in [1.165, 1.54) is 6.07 Å². The number of hydrogen-bond acceptors (Lipinski definition) is 6. The number of nitrogens with one attached hydrogen (secondary N) is 1. The van der Waals surface area contributed by atoms with E-state index in [0.29, 0.717) is 43.9 Å². The minimum Gasteiger partial charge on any atom is -0.444 e. The van der Waals surface area contributed by atoms with Crippen LogP contribution in [-0.4, -0.2) is 47.7 Å². The van der Waals surface area contributed by atoms with Gasteiger partial charge in [0.1, 0.15) is 11.4 Å². The third-order valence-electron chi connectivity index (χ3n) is 6.34. The number of benzene rings is 2. The maximum atomic E-state index is 14.5. The average molecular weight is 492 g/mol. The predicted octanol–water partition coefficient (Wildman–Crippen LogP) is 5.53. The van der Waals surface area contributed by atoms with Crippen LogP contribution in [0.25, 0.3) is 5.57 Å². The van der Waals surface area contributed by atoms with Crippen molar-refractivity contribution in [2.75, 3.05) is 25.0 Å². The molecule has 1 unspecified atom stereocenters. The minimum absolute atomic E-state index is 0.147. The summed E-state index contributed by atoms with van der Waals surface area (Å²) in [5.74, 6) is 5.31. The van der Waals surface area contributed by atoms with Gasteiger partial charge in [0.2, 0.25) is 0 Å². The van der Waals surface area contributed by atoms with Crippen LogP contribution >= 0.6 is 0 Å². The Morgan fingerprint density at radius 3 is 2.69 bits per heavy atom. The number of carbonyl (C=O) groups is 1. The minimum atomic E-state index is -0.525. The maximum absolute atomic E-state index is 14.5. The van der Waals surface area contributed by atoms with Crippen LogP contribution in [-0.2, 0) is 4.74 Å². The molecule has 36 heavy (non-hydrogen) atoms. The summed E-state index contributed by atoms with van der Waals surface area (Å²) in [7, 11) is 0. The molecule has 2 aliphatic heterocycles. The first kappa shape index (κ1) is 25.4.